The Hall–Kier alpha value is -1.74. The molecule has 0 unspecified atom stereocenters. The predicted molar refractivity (Wildman–Crippen MR) is 71.4 cm³/mol. The highest BCUT2D eigenvalue weighted by atomic mass is 32.2. The summed E-state index contributed by atoms with van der Waals surface area (Å²) in [5.41, 5.74) is 0.218. The van der Waals surface area contributed by atoms with Gasteiger partial charge < -0.3 is 10.6 Å². The molecule has 0 saturated carbocycles. The third-order valence-electron chi connectivity index (χ3n) is 2.22. The zero-order chi connectivity index (χ0) is 14.3. The van der Waals surface area contributed by atoms with Gasteiger partial charge in [-0.05, 0) is 26.1 Å². The van der Waals surface area contributed by atoms with Gasteiger partial charge in [-0.25, -0.2) is 13.1 Å². The molecule has 3 N–H and O–H groups in total. The molecule has 106 valence electrons. The summed E-state index contributed by atoms with van der Waals surface area (Å²) in [7, 11) is -1.89. The van der Waals surface area contributed by atoms with Gasteiger partial charge in [0.05, 0.1) is 5.75 Å². The van der Waals surface area contributed by atoms with Crippen molar-refractivity contribution in [3.05, 3.63) is 17.8 Å². The molecule has 0 aliphatic rings. The largest absolute Gasteiger partial charge is 0.368 e. The molecule has 0 fully saturated rings. The van der Waals surface area contributed by atoms with Crippen LogP contribution in [0.4, 0.5) is 5.82 Å². The van der Waals surface area contributed by atoms with Crippen molar-refractivity contribution in [2.24, 2.45) is 0 Å². The summed E-state index contributed by atoms with van der Waals surface area (Å²) in [5.74, 6) is 0.0575. The fraction of sp³-hybridized carbons (Fsp3) is 0.500. The first-order valence-corrected chi connectivity index (χ1v) is 7.40. The Balaban J connectivity index is 2.51. The van der Waals surface area contributed by atoms with Gasteiger partial charge in [0.1, 0.15) is 5.82 Å². The van der Waals surface area contributed by atoms with Crippen LogP contribution in [0.3, 0.4) is 0 Å². The Kier molecular flexibility index (Phi) is 5.64. The molecule has 0 radical (unpaired) electrons. The van der Waals surface area contributed by atoms with E-state index in [0.29, 0.717) is 12.4 Å². The molecule has 0 aromatic carbocycles. The van der Waals surface area contributed by atoms with Gasteiger partial charge in [0, 0.05) is 13.1 Å². The zero-order valence-electron chi connectivity index (χ0n) is 10.8. The lowest BCUT2D eigenvalue weighted by Crippen LogP contribution is -2.26. The van der Waals surface area contributed by atoms with Gasteiger partial charge in [0.2, 0.25) is 10.0 Å². The van der Waals surface area contributed by atoms with E-state index < -0.39 is 10.0 Å². The molecule has 1 amide bonds. The normalized spacial score (nSPS) is 11.1. The summed E-state index contributed by atoms with van der Waals surface area (Å²) in [4.78, 5) is 11.4. The van der Waals surface area contributed by atoms with Crippen LogP contribution in [0.2, 0.25) is 0 Å². The van der Waals surface area contributed by atoms with Crippen LogP contribution in [-0.2, 0) is 10.0 Å². The molecule has 0 aliphatic heterocycles. The zero-order valence-corrected chi connectivity index (χ0v) is 11.6. The number of anilines is 1. The van der Waals surface area contributed by atoms with Gasteiger partial charge in [-0.1, -0.05) is 0 Å². The minimum absolute atomic E-state index is 0.0662. The van der Waals surface area contributed by atoms with E-state index in [4.69, 9.17) is 0 Å². The van der Waals surface area contributed by atoms with Crippen molar-refractivity contribution >= 4 is 21.7 Å². The fourth-order valence-electron chi connectivity index (χ4n) is 1.21. The van der Waals surface area contributed by atoms with E-state index in [2.05, 4.69) is 25.6 Å². The number of carbonyl (C=O) groups is 1. The second-order valence-electron chi connectivity index (χ2n) is 3.61. The fourth-order valence-corrected chi connectivity index (χ4v) is 1.79. The van der Waals surface area contributed by atoms with Crippen molar-refractivity contribution in [3.8, 4) is 0 Å². The molecule has 9 heteroatoms. The number of hydrogen-bond acceptors (Lipinski definition) is 6. The second-order valence-corrected chi connectivity index (χ2v) is 5.66. The lowest BCUT2D eigenvalue weighted by atomic mass is 10.3. The van der Waals surface area contributed by atoms with Gasteiger partial charge in [-0.3, -0.25) is 4.79 Å². The molecule has 1 heterocycles. The van der Waals surface area contributed by atoms with Crippen LogP contribution in [-0.4, -0.2) is 50.4 Å². The molecule has 0 atom stereocenters. The quantitative estimate of drug-likeness (QED) is 0.604. The SMILES string of the molecule is CCNC(=O)c1ccc(NCCS(=O)(=O)NC)nn1. The van der Waals surface area contributed by atoms with E-state index in [9.17, 15) is 13.2 Å². The topological polar surface area (TPSA) is 113 Å². The molecular weight excluding hydrogens is 270 g/mol. The summed E-state index contributed by atoms with van der Waals surface area (Å²) in [5, 5.41) is 12.9. The van der Waals surface area contributed by atoms with E-state index in [1.54, 1.807) is 6.07 Å². The van der Waals surface area contributed by atoms with Crippen LogP contribution in [0.25, 0.3) is 0 Å². The molecule has 0 aliphatic carbocycles. The van der Waals surface area contributed by atoms with Crippen molar-refractivity contribution < 1.29 is 13.2 Å². The first-order chi connectivity index (χ1) is 8.98. The van der Waals surface area contributed by atoms with Gasteiger partial charge in [0.25, 0.3) is 5.91 Å². The minimum Gasteiger partial charge on any atom is -0.368 e. The van der Waals surface area contributed by atoms with E-state index in [1.807, 2.05) is 6.92 Å². The third kappa shape index (κ3) is 5.18. The van der Waals surface area contributed by atoms with Crippen LogP contribution in [0, 0.1) is 0 Å². The number of nitrogens with one attached hydrogen (secondary N) is 3. The van der Waals surface area contributed by atoms with E-state index in [-0.39, 0.29) is 23.9 Å². The smallest absolute Gasteiger partial charge is 0.271 e. The highest BCUT2D eigenvalue weighted by Gasteiger charge is 2.08. The van der Waals surface area contributed by atoms with Gasteiger partial charge in [0.15, 0.2) is 5.69 Å². The van der Waals surface area contributed by atoms with Gasteiger partial charge in [-0.15, -0.1) is 10.2 Å². The number of nitrogens with zero attached hydrogens (tertiary/aromatic N) is 2. The van der Waals surface area contributed by atoms with E-state index >= 15 is 0 Å². The second kappa shape index (κ2) is 7.00. The predicted octanol–water partition coefficient (Wildman–Crippen LogP) is -0.813. The lowest BCUT2D eigenvalue weighted by Gasteiger charge is -2.06. The maximum atomic E-state index is 11.4. The first kappa shape index (κ1) is 15.3. The highest BCUT2D eigenvalue weighted by molar-refractivity contribution is 7.89. The van der Waals surface area contributed by atoms with E-state index in [1.165, 1.54) is 13.1 Å². The molecule has 1 rings (SSSR count). The molecule has 1 aromatic rings. The summed E-state index contributed by atoms with van der Waals surface area (Å²) in [6, 6.07) is 3.09. The Morgan fingerprint density at radius 2 is 2.05 bits per heavy atom. The average Bonchev–Trinajstić information content (AvgIpc) is 2.39. The lowest BCUT2D eigenvalue weighted by molar-refractivity contribution is 0.0950. The maximum Gasteiger partial charge on any atom is 0.271 e. The van der Waals surface area contributed by atoms with Crippen molar-refractivity contribution in [2.45, 2.75) is 6.92 Å². The van der Waals surface area contributed by atoms with Crippen LogP contribution in [0.5, 0.6) is 0 Å². The van der Waals surface area contributed by atoms with Crippen LogP contribution >= 0.6 is 0 Å². The molecule has 1 aromatic heterocycles. The Bertz CT molecular complexity index is 514. The molecular formula is C10H17N5O3S. The number of sulfonamides is 1. The average molecular weight is 287 g/mol. The third-order valence-corrected chi connectivity index (χ3v) is 3.59. The number of carbonyl (C=O) groups excluding carboxylic acids is 1. The molecule has 0 spiro atoms. The van der Waals surface area contributed by atoms with E-state index in [0.717, 1.165) is 0 Å². The van der Waals surface area contributed by atoms with Crippen LogP contribution in [0.15, 0.2) is 12.1 Å². The van der Waals surface area contributed by atoms with Crippen molar-refractivity contribution in [1.82, 2.24) is 20.2 Å². The van der Waals surface area contributed by atoms with Crippen LogP contribution < -0.4 is 15.4 Å². The summed E-state index contributed by atoms with van der Waals surface area (Å²) >= 11 is 0. The Labute approximate surface area is 112 Å². The number of aromatic nitrogens is 2. The van der Waals surface area contributed by atoms with Gasteiger partial charge in [-0.2, -0.15) is 0 Å². The Morgan fingerprint density at radius 1 is 1.32 bits per heavy atom. The van der Waals surface area contributed by atoms with Crippen molar-refractivity contribution in [2.75, 3.05) is 31.2 Å². The molecule has 8 nitrogen and oxygen atoms in total. The summed E-state index contributed by atoms with van der Waals surface area (Å²) < 4.78 is 24.5. The monoisotopic (exact) mass is 287 g/mol. The number of amides is 1. The van der Waals surface area contributed by atoms with Crippen LogP contribution in [0.1, 0.15) is 17.4 Å². The maximum absolute atomic E-state index is 11.4. The minimum atomic E-state index is -3.24. The number of hydrogen-bond donors (Lipinski definition) is 3. The molecule has 0 bridgehead atoms. The first-order valence-electron chi connectivity index (χ1n) is 5.75. The Morgan fingerprint density at radius 3 is 2.58 bits per heavy atom. The molecule has 0 saturated heterocycles. The highest BCUT2D eigenvalue weighted by Crippen LogP contribution is 2.01. The molecule has 19 heavy (non-hydrogen) atoms. The summed E-state index contributed by atoms with van der Waals surface area (Å²) in [6.07, 6.45) is 0. The van der Waals surface area contributed by atoms with Gasteiger partial charge >= 0.3 is 0 Å². The van der Waals surface area contributed by atoms with Crippen molar-refractivity contribution in [1.29, 1.82) is 0 Å². The van der Waals surface area contributed by atoms with Crippen molar-refractivity contribution in [3.63, 3.8) is 0 Å². The standard InChI is InChI=1S/C10H17N5O3S/c1-3-12-10(16)8-4-5-9(15-14-8)13-6-7-19(17,18)11-2/h4-5,11H,3,6-7H2,1-2H3,(H,12,16)(H,13,15). The summed E-state index contributed by atoms with van der Waals surface area (Å²) in [6.45, 7) is 2.53. The number of rotatable bonds is 7.